The molecule has 0 amide bonds. The molecular formula is C35H24N4O4S. The quantitative estimate of drug-likeness (QED) is 0.109. The van der Waals surface area contributed by atoms with Crippen molar-refractivity contribution in [2.75, 3.05) is 4.90 Å². The first-order chi connectivity index (χ1) is 21.7. The zero-order valence-electron chi connectivity index (χ0n) is 23.2. The molecule has 8 nitrogen and oxygen atoms in total. The molecule has 0 atom stereocenters. The number of benzene rings is 2. The first-order valence-electron chi connectivity index (χ1n) is 13.5. The molecule has 0 saturated heterocycles. The van der Waals surface area contributed by atoms with Crippen molar-refractivity contribution in [3.63, 3.8) is 0 Å². The molecule has 0 fully saturated rings. The minimum Gasteiger partial charge on any atom is -0.437 e. The Morgan fingerprint density at radius 2 is 1.32 bits per heavy atom. The van der Waals surface area contributed by atoms with E-state index in [0.29, 0.717) is 41.5 Å². The van der Waals surface area contributed by atoms with Crippen LogP contribution >= 0.6 is 11.3 Å². The SMILES string of the molecule is O=CO/C=C/c1ccnc(-c2cc(OC=O)cc(-c3cc(-c4cc(N(c5ccccc5)c5ccccc5)cs4)ccn3)n2)c1. The van der Waals surface area contributed by atoms with Crippen LogP contribution in [0.5, 0.6) is 5.75 Å². The van der Waals surface area contributed by atoms with Gasteiger partial charge in [0.05, 0.1) is 34.7 Å². The zero-order valence-corrected chi connectivity index (χ0v) is 24.0. The number of para-hydroxylation sites is 2. The summed E-state index contributed by atoms with van der Waals surface area (Å²) >= 11 is 1.64. The van der Waals surface area contributed by atoms with Gasteiger partial charge in [0.15, 0.2) is 0 Å². The topological polar surface area (TPSA) is 94.5 Å². The number of thiophene rings is 1. The second kappa shape index (κ2) is 13.4. The average molecular weight is 597 g/mol. The van der Waals surface area contributed by atoms with Crippen molar-refractivity contribution < 1.29 is 19.1 Å². The second-order valence-electron chi connectivity index (χ2n) is 9.40. The molecule has 0 unspecified atom stereocenters. The number of anilines is 3. The van der Waals surface area contributed by atoms with Crippen molar-refractivity contribution >= 4 is 47.4 Å². The molecule has 0 aliphatic heterocycles. The normalized spacial score (nSPS) is 10.8. The minimum atomic E-state index is 0.305. The number of nitrogens with zero attached hydrogens (tertiary/aromatic N) is 4. The van der Waals surface area contributed by atoms with Crippen LogP contribution in [0.1, 0.15) is 5.56 Å². The molecule has 4 heterocycles. The lowest BCUT2D eigenvalue weighted by Crippen LogP contribution is -2.08. The number of carbonyl (C=O) groups is 2. The minimum absolute atomic E-state index is 0.305. The van der Waals surface area contributed by atoms with Crippen LogP contribution in [0.2, 0.25) is 0 Å². The first-order valence-corrected chi connectivity index (χ1v) is 14.4. The Bertz CT molecular complexity index is 1890. The lowest BCUT2D eigenvalue weighted by Gasteiger charge is -2.23. The van der Waals surface area contributed by atoms with Crippen molar-refractivity contribution in [3.05, 3.63) is 133 Å². The second-order valence-corrected chi connectivity index (χ2v) is 10.3. The first kappa shape index (κ1) is 28.2. The van der Waals surface area contributed by atoms with E-state index in [1.807, 2.05) is 48.5 Å². The Hall–Kier alpha value is -5.93. The number of hydrogen-bond donors (Lipinski definition) is 0. The van der Waals surface area contributed by atoms with E-state index < -0.39 is 0 Å². The molecule has 6 aromatic rings. The molecule has 0 N–H and O–H groups in total. The van der Waals surface area contributed by atoms with Gasteiger partial charge in [-0.25, -0.2) is 4.98 Å². The molecule has 2 aromatic carbocycles. The van der Waals surface area contributed by atoms with Gasteiger partial charge in [0.25, 0.3) is 12.9 Å². The van der Waals surface area contributed by atoms with Gasteiger partial charge in [0.1, 0.15) is 5.75 Å². The summed E-state index contributed by atoms with van der Waals surface area (Å²) in [6.07, 6.45) is 6.26. The van der Waals surface area contributed by atoms with Gasteiger partial charge in [-0.2, -0.15) is 0 Å². The monoisotopic (exact) mass is 596 g/mol. The summed E-state index contributed by atoms with van der Waals surface area (Å²) in [5, 5.41) is 2.14. The summed E-state index contributed by atoms with van der Waals surface area (Å²) < 4.78 is 9.87. The third-order valence-corrected chi connectivity index (χ3v) is 7.57. The van der Waals surface area contributed by atoms with Crippen molar-refractivity contribution in [2.45, 2.75) is 0 Å². The van der Waals surface area contributed by atoms with E-state index >= 15 is 0 Å². The highest BCUT2D eigenvalue weighted by Gasteiger charge is 2.16. The lowest BCUT2D eigenvalue weighted by molar-refractivity contribution is -0.123. The number of pyridine rings is 3. The van der Waals surface area contributed by atoms with E-state index in [1.54, 1.807) is 54.1 Å². The van der Waals surface area contributed by atoms with Crippen LogP contribution in [0.15, 0.2) is 127 Å². The van der Waals surface area contributed by atoms with Crippen LogP contribution in [-0.4, -0.2) is 27.9 Å². The van der Waals surface area contributed by atoms with Crippen molar-refractivity contribution in [1.82, 2.24) is 15.0 Å². The van der Waals surface area contributed by atoms with Crippen molar-refractivity contribution in [2.24, 2.45) is 0 Å². The number of hydrogen-bond acceptors (Lipinski definition) is 9. The molecule has 0 spiro atoms. The standard InChI is InChI=1S/C35H24N4O4S/c40-23-42-16-13-25-11-14-36-31(17-25)33-20-30(43-24-41)21-34(38-33)32-18-26(12-15-37-32)35-19-29(22-44-35)39(27-7-3-1-4-8-27)28-9-5-2-6-10-28/h1-24H/b16-13+. The fourth-order valence-electron chi connectivity index (χ4n) is 4.65. The maximum Gasteiger partial charge on any atom is 0.298 e. The van der Waals surface area contributed by atoms with Crippen LogP contribution < -0.4 is 9.64 Å². The van der Waals surface area contributed by atoms with E-state index in [2.05, 4.69) is 55.3 Å². The zero-order chi connectivity index (χ0) is 30.1. The van der Waals surface area contributed by atoms with Crippen molar-refractivity contribution in [3.8, 4) is 39.0 Å². The maximum absolute atomic E-state index is 11.2. The predicted molar refractivity (Wildman–Crippen MR) is 172 cm³/mol. The van der Waals surface area contributed by atoms with Crippen LogP contribution in [-0.2, 0) is 14.3 Å². The molecule has 4 aromatic heterocycles. The van der Waals surface area contributed by atoms with Crippen molar-refractivity contribution in [1.29, 1.82) is 0 Å². The molecule has 0 aliphatic rings. The van der Waals surface area contributed by atoms with Crippen LogP contribution in [0.25, 0.3) is 39.3 Å². The van der Waals surface area contributed by atoms with Gasteiger partial charge >= 0.3 is 0 Å². The van der Waals surface area contributed by atoms with Crippen LogP contribution in [0, 0.1) is 0 Å². The summed E-state index contributed by atoms with van der Waals surface area (Å²) in [6.45, 7) is 0.710. The molecule has 0 saturated carbocycles. The van der Waals surface area contributed by atoms with Gasteiger partial charge in [0.2, 0.25) is 0 Å². The van der Waals surface area contributed by atoms with Gasteiger partial charge in [-0.3, -0.25) is 19.6 Å². The summed E-state index contributed by atoms with van der Waals surface area (Å²) in [5.74, 6) is 0.305. The van der Waals surface area contributed by atoms with Gasteiger partial charge in [-0.15, -0.1) is 11.3 Å². The Balaban J connectivity index is 1.36. The molecule has 44 heavy (non-hydrogen) atoms. The third kappa shape index (κ3) is 6.43. The van der Waals surface area contributed by atoms with Gasteiger partial charge in [-0.05, 0) is 71.8 Å². The third-order valence-electron chi connectivity index (χ3n) is 6.60. The van der Waals surface area contributed by atoms with E-state index in [0.717, 1.165) is 33.1 Å². The number of rotatable bonds is 11. The Morgan fingerprint density at radius 3 is 1.98 bits per heavy atom. The van der Waals surface area contributed by atoms with E-state index in [1.165, 1.54) is 6.26 Å². The molecule has 214 valence electrons. The number of aromatic nitrogens is 3. The maximum atomic E-state index is 11.2. The smallest absolute Gasteiger partial charge is 0.298 e. The Kier molecular flexibility index (Phi) is 8.57. The number of carbonyl (C=O) groups excluding carboxylic acids is 2. The van der Waals surface area contributed by atoms with Crippen LogP contribution in [0.4, 0.5) is 17.1 Å². The average Bonchev–Trinajstić information content (AvgIpc) is 3.56. The highest BCUT2D eigenvalue weighted by molar-refractivity contribution is 7.14. The molecule has 6 rings (SSSR count). The van der Waals surface area contributed by atoms with E-state index in [-0.39, 0.29) is 0 Å². The Morgan fingerprint density at radius 1 is 0.659 bits per heavy atom. The summed E-state index contributed by atoms with van der Waals surface area (Å²) in [4.78, 5) is 38.8. The molecule has 9 heteroatoms. The molecule has 0 bridgehead atoms. The summed E-state index contributed by atoms with van der Waals surface area (Å²) in [5.41, 5.74) is 7.02. The molecular weight excluding hydrogens is 572 g/mol. The summed E-state index contributed by atoms with van der Waals surface area (Å²) in [6, 6.07) is 33.4. The van der Waals surface area contributed by atoms with Gasteiger partial charge in [-0.1, -0.05) is 36.4 Å². The molecule has 0 aliphatic carbocycles. The van der Waals surface area contributed by atoms with E-state index in [9.17, 15) is 9.59 Å². The largest absolute Gasteiger partial charge is 0.437 e. The highest BCUT2D eigenvalue weighted by Crippen LogP contribution is 2.40. The molecule has 0 radical (unpaired) electrons. The van der Waals surface area contributed by atoms with E-state index in [4.69, 9.17) is 9.72 Å². The fraction of sp³-hybridized carbons (Fsp3) is 0. The van der Waals surface area contributed by atoms with Gasteiger partial charge in [0, 0.05) is 46.2 Å². The highest BCUT2D eigenvalue weighted by atomic mass is 32.1. The fourth-order valence-corrected chi connectivity index (χ4v) is 5.53. The Labute approximate surface area is 257 Å². The number of ether oxygens (including phenoxy) is 2. The lowest BCUT2D eigenvalue weighted by atomic mass is 10.1. The predicted octanol–water partition coefficient (Wildman–Crippen LogP) is 8.08. The van der Waals surface area contributed by atoms with Crippen LogP contribution in [0.3, 0.4) is 0 Å². The van der Waals surface area contributed by atoms with Gasteiger partial charge < -0.3 is 14.4 Å². The summed E-state index contributed by atoms with van der Waals surface area (Å²) in [7, 11) is 0.